The molecule has 0 N–H and O–H groups in total. The second-order valence-corrected chi connectivity index (χ2v) is 14.4. The maximum Gasteiger partial charge on any atom is 0.420 e. The molecular weight excluding hydrogens is 622 g/mol. The molecule has 0 spiro atoms. The number of esters is 1. The summed E-state index contributed by atoms with van der Waals surface area (Å²) in [7, 11) is 0. The third-order valence-corrected chi connectivity index (χ3v) is 8.02. The molecule has 0 aliphatic carbocycles. The summed E-state index contributed by atoms with van der Waals surface area (Å²) in [5.41, 5.74) is 2.53. The van der Waals surface area contributed by atoms with E-state index in [2.05, 4.69) is 17.1 Å². The van der Waals surface area contributed by atoms with E-state index in [-0.39, 0.29) is 37.5 Å². The van der Waals surface area contributed by atoms with Gasteiger partial charge in [-0.05, 0) is 96.0 Å². The van der Waals surface area contributed by atoms with Gasteiger partial charge in [-0.3, -0.25) is 14.6 Å². The highest BCUT2D eigenvalue weighted by atomic mass is 16.6. The van der Waals surface area contributed by atoms with Crippen molar-refractivity contribution >= 4 is 24.1 Å². The number of likely N-dealkylation sites (tertiary alicyclic amines) is 1. The van der Waals surface area contributed by atoms with E-state index < -0.39 is 29.3 Å². The van der Waals surface area contributed by atoms with E-state index in [1.165, 1.54) is 5.56 Å². The molecule has 0 radical (unpaired) electrons. The maximum absolute atomic E-state index is 13.7. The number of pyridine rings is 1. The molecule has 10 nitrogen and oxygen atoms in total. The van der Waals surface area contributed by atoms with Crippen LogP contribution in [0.4, 0.5) is 9.59 Å². The maximum atomic E-state index is 13.7. The average Bonchev–Trinajstić information content (AvgIpc) is 3.05. The lowest BCUT2D eigenvalue weighted by Gasteiger charge is -2.37. The van der Waals surface area contributed by atoms with Crippen LogP contribution in [-0.2, 0) is 38.4 Å². The Balaban J connectivity index is 1.53. The number of ether oxygens (including phenoxy) is 3. The Kier molecular flexibility index (Phi) is 12.2. The van der Waals surface area contributed by atoms with Crippen molar-refractivity contribution in [3.05, 3.63) is 101 Å². The van der Waals surface area contributed by atoms with Crippen LogP contribution in [0.1, 0.15) is 93.4 Å². The number of hydrogen-bond donors (Lipinski definition) is 0. The van der Waals surface area contributed by atoms with Crippen molar-refractivity contribution in [3.63, 3.8) is 0 Å². The summed E-state index contributed by atoms with van der Waals surface area (Å²) in [6, 6.07) is 19.5. The fourth-order valence-corrected chi connectivity index (χ4v) is 5.82. The number of imide groups is 1. The van der Waals surface area contributed by atoms with Crippen molar-refractivity contribution in [1.82, 2.24) is 14.8 Å². The number of benzene rings is 2. The number of rotatable bonds is 9. The number of hydrogen-bond acceptors (Lipinski definition) is 8. The van der Waals surface area contributed by atoms with E-state index >= 15 is 0 Å². The molecule has 262 valence electrons. The summed E-state index contributed by atoms with van der Waals surface area (Å²) in [6.07, 6.45) is 3.83. The minimum Gasteiger partial charge on any atom is -0.466 e. The van der Waals surface area contributed by atoms with Gasteiger partial charge in [-0.25, -0.2) is 14.5 Å². The molecule has 0 bridgehead atoms. The van der Waals surface area contributed by atoms with Crippen molar-refractivity contribution < 1.29 is 33.4 Å². The van der Waals surface area contributed by atoms with Crippen LogP contribution >= 0.6 is 0 Å². The number of aromatic nitrogens is 1. The van der Waals surface area contributed by atoms with E-state index in [1.807, 2.05) is 42.5 Å². The minimum absolute atomic E-state index is 0.0906. The van der Waals surface area contributed by atoms with Gasteiger partial charge in [-0.15, -0.1) is 0 Å². The van der Waals surface area contributed by atoms with Gasteiger partial charge >= 0.3 is 18.2 Å². The number of aryl methyl sites for hydroxylation is 2. The predicted molar refractivity (Wildman–Crippen MR) is 186 cm³/mol. The molecule has 3 aromatic rings. The Hall–Kier alpha value is -4.73. The first-order valence-electron chi connectivity index (χ1n) is 16.9. The smallest absolute Gasteiger partial charge is 0.420 e. The SMILES string of the molecule is CCOC(=O)[C@H]1CN(C(=O)c2cncc(CCc3ccccc3)c2)CC[C@H]1c1cccc(CN(C(=O)OC(C)(C)C)C(=O)OC(C)(C)C)c1. The quantitative estimate of drug-likeness (QED) is 0.171. The molecule has 3 amide bonds. The molecule has 2 atom stereocenters. The van der Waals surface area contributed by atoms with Gasteiger partial charge < -0.3 is 19.1 Å². The second kappa shape index (κ2) is 16.1. The van der Waals surface area contributed by atoms with Gasteiger partial charge in [0.05, 0.1) is 24.6 Å². The van der Waals surface area contributed by atoms with E-state index in [1.54, 1.807) is 71.8 Å². The van der Waals surface area contributed by atoms with Crippen LogP contribution < -0.4 is 0 Å². The second-order valence-electron chi connectivity index (χ2n) is 14.4. The third kappa shape index (κ3) is 10.9. The van der Waals surface area contributed by atoms with Crippen LogP contribution in [0.15, 0.2) is 73.1 Å². The van der Waals surface area contributed by atoms with Crippen LogP contribution in [0.2, 0.25) is 0 Å². The van der Waals surface area contributed by atoms with Gasteiger partial charge in [0, 0.05) is 31.4 Å². The number of nitrogens with zero attached hydrogens (tertiary/aromatic N) is 3. The lowest BCUT2D eigenvalue weighted by Crippen LogP contribution is -2.46. The van der Waals surface area contributed by atoms with Crippen molar-refractivity contribution in [3.8, 4) is 0 Å². The zero-order valence-electron chi connectivity index (χ0n) is 29.7. The molecule has 1 aromatic heterocycles. The summed E-state index contributed by atoms with van der Waals surface area (Å²) in [5.74, 6) is -1.43. The average molecular weight is 672 g/mol. The van der Waals surface area contributed by atoms with E-state index in [0.29, 0.717) is 24.1 Å². The van der Waals surface area contributed by atoms with Crippen LogP contribution in [-0.4, -0.2) is 69.7 Å². The molecule has 10 heteroatoms. The van der Waals surface area contributed by atoms with Gasteiger partial charge in [0.15, 0.2) is 0 Å². The molecule has 2 heterocycles. The molecule has 1 aliphatic rings. The first kappa shape index (κ1) is 37.1. The van der Waals surface area contributed by atoms with E-state index in [9.17, 15) is 19.2 Å². The molecule has 1 saturated heterocycles. The summed E-state index contributed by atoms with van der Waals surface area (Å²) < 4.78 is 16.5. The number of carbonyl (C=O) groups excluding carboxylic acids is 4. The van der Waals surface area contributed by atoms with Crippen molar-refractivity contribution in [2.75, 3.05) is 19.7 Å². The summed E-state index contributed by atoms with van der Waals surface area (Å²) in [6.45, 7) is 12.9. The highest BCUT2D eigenvalue weighted by Crippen LogP contribution is 2.35. The highest BCUT2D eigenvalue weighted by Gasteiger charge is 2.39. The molecule has 1 fully saturated rings. The Morgan fingerprint density at radius 1 is 0.816 bits per heavy atom. The monoisotopic (exact) mass is 671 g/mol. The van der Waals surface area contributed by atoms with Gasteiger partial charge in [0.1, 0.15) is 11.2 Å². The van der Waals surface area contributed by atoms with Crippen LogP contribution in [0.5, 0.6) is 0 Å². The summed E-state index contributed by atoms with van der Waals surface area (Å²) in [5, 5.41) is 0. The minimum atomic E-state index is -0.822. The Morgan fingerprint density at radius 2 is 1.45 bits per heavy atom. The molecule has 0 unspecified atom stereocenters. The third-order valence-electron chi connectivity index (χ3n) is 8.02. The zero-order chi connectivity index (χ0) is 35.8. The van der Waals surface area contributed by atoms with Crippen LogP contribution in [0.3, 0.4) is 0 Å². The van der Waals surface area contributed by atoms with Crippen molar-refractivity contribution in [2.45, 2.75) is 91.4 Å². The molecule has 49 heavy (non-hydrogen) atoms. The summed E-state index contributed by atoms with van der Waals surface area (Å²) in [4.78, 5) is 60.4. The van der Waals surface area contributed by atoms with Gasteiger partial charge in [0.25, 0.3) is 5.91 Å². The first-order chi connectivity index (χ1) is 23.1. The molecule has 1 aliphatic heterocycles. The lowest BCUT2D eigenvalue weighted by molar-refractivity contribution is -0.150. The number of piperidine rings is 1. The lowest BCUT2D eigenvalue weighted by atomic mass is 9.79. The van der Waals surface area contributed by atoms with Crippen LogP contribution in [0, 0.1) is 5.92 Å². The zero-order valence-corrected chi connectivity index (χ0v) is 29.7. The summed E-state index contributed by atoms with van der Waals surface area (Å²) >= 11 is 0. The molecule has 0 saturated carbocycles. The van der Waals surface area contributed by atoms with Gasteiger partial charge in [0.2, 0.25) is 0 Å². The standard InChI is InChI=1S/C39H49N3O7/c1-8-47-35(44)33-26-41(34(43)31-21-28(23-40-24-31)18-17-27-13-10-9-11-14-27)20-19-32(33)30-16-12-15-29(22-30)25-42(36(45)48-38(2,3)4)37(46)49-39(5,6)7/h9-16,21-24,32-33H,8,17-20,25-26H2,1-7H3/t32-,33-/m0/s1. The molecular formula is C39H49N3O7. The fraction of sp³-hybridized carbons (Fsp3) is 0.462. The van der Waals surface area contributed by atoms with E-state index in [4.69, 9.17) is 14.2 Å². The van der Waals surface area contributed by atoms with Gasteiger partial charge in [-0.2, -0.15) is 0 Å². The fourth-order valence-electron chi connectivity index (χ4n) is 5.82. The Bertz CT molecular complexity index is 1580. The normalized spacial score (nSPS) is 16.4. The number of carbonyl (C=O) groups is 4. The highest BCUT2D eigenvalue weighted by molar-refractivity contribution is 5.94. The molecule has 4 rings (SSSR count). The topological polar surface area (TPSA) is 115 Å². The van der Waals surface area contributed by atoms with Crippen molar-refractivity contribution in [2.24, 2.45) is 5.92 Å². The predicted octanol–water partition coefficient (Wildman–Crippen LogP) is 7.35. The Morgan fingerprint density at radius 3 is 2.08 bits per heavy atom. The van der Waals surface area contributed by atoms with Gasteiger partial charge in [-0.1, -0.05) is 54.6 Å². The van der Waals surface area contributed by atoms with E-state index in [0.717, 1.165) is 28.9 Å². The Labute approximate surface area is 289 Å². The van der Waals surface area contributed by atoms with Crippen LogP contribution in [0.25, 0.3) is 0 Å². The first-order valence-corrected chi connectivity index (χ1v) is 16.9. The largest absolute Gasteiger partial charge is 0.466 e. The van der Waals surface area contributed by atoms with Crippen molar-refractivity contribution in [1.29, 1.82) is 0 Å². The molecule has 2 aromatic carbocycles. The number of amides is 3.